The van der Waals surface area contributed by atoms with E-state index in [0.29, 0.717) is 11.3 Å². The van der Waals surface area contributed by atoms with Crippen molar-refractivity contribution in [2.75, 3.05) is 7.11 Å². The Balaban J connectivity index is 2.86. The van der Waals surface area contributed by atoms with Crippen LogP contribution in [0, 0.1) is 0 Å². The van der Waals surface area contributed by atoms with Crippen LogP contribution in [0.5, 0.6) is 5.75 Å². The van der Waals surface area contributed by atoms with Gasteiger partial charge in [-0.2, -0.15) is 0 Å². The number of hydrogen-bond acceptors (Lipinski definition) is 2. The molecule has 0 saturated carbocycles. The summed E-state index contributed by atoms with van der Waals surface area (Å²) in [5.41, 5.74) is 0.324. The number of halogens is 2. The lowest BCUT2D eigenvalue weighted by atomic mass is 10.1. The molecule has 13 heavy (non-hydrogen) atoms. The second-order valence-corrected chi connectivity index (χ2v) is 3.20. The average molecular weight is 247 g/mol. The molecule has 70 valence electrons. The van der Waals surface area contributed by atoms with Gasteiger partial charge in [0.25, 0.3) is 0 Å². The maximum atomic E-state index is 12.5. The van der Waals surface area contributed by atoms with Gasteiger partial charge in [0.1, 0.15) is 5.75 Å². The summed E-state index contributed by atoms with van der Waals surface area (Å²) in [5, 5.41) is -1.64. The van der Waals surface area contributed by atoms with Crippen LogP contribution in [0.25, 0.3) is 0 Å². The van der Waals surface area contributed by atoms with E-state index >= 15 is 0 Å². The quantitative estimate of drug-likeness (QED) is 0.606. The van der Waals surface area contributed by atoms with Crippen LogP contribution in [-0.2, 0) is 0 Å². The second-order valence-electron chi connectivity index (χ2n) is 2.39. The molecule has 0 N–H and O–H groups in total. The number of alkyl halides is 2. The van der Waals surface area contributed by atoms with Gasteiger partial charge in [-0.15, -0.1) is 0 Å². The van der Waals surface area contributed by atoms with E-state index in [4.69, 9.17) is 4.74 Å². The van der Waals surface area contributed by atoms with Crippen LogP contribution < -0.4 is 4.74 Å². The van der Waals surface area contributed by atoms with Crippen molar-refractivity contribution in [3.63, 3.8) is 0 Å². The summed E-state index contributed by atoms with van der Waals surface area (Å²) in [6, 6.07) is 6.27. The Morgan fingerprint density at radius 1 is 1.46 bits per heavy atom. The summed E-state index contributed by atoms with van der Waals surface area (Å²) in [5.74, 6) is 0.0594. The molecule has 0 bridgehead atoms. The first kappa shape index (κ1) is 10.2. The molecule has 0 aliphatic rings. The molecule has 0 heterocycles. The van der Waals surface area contributed by atoms with Crippen LogP contribution in [0.3, 0.4) is 0 Å². The van der Waals surface area contributed by atoms with E-state index in [-0.39, 0.29) is 0 Å². The molecule has 0 aliphatic heterocycles. The highest BCUT2D eigenvalue weighted by Gasteiger charge is 2.14. The number of rotatable bonds is 3. The van der Waals surface area contributed by atoms with E-state index in [1.54, 1.807) is 12.1 Å². The SMILES string of the molecule is COc1ccc(C(=O)C(F)Br)cc1. The van der Waals surface area contributed by atoms with Crippen LogP contribution in [-0.4, -0.2) is 18.0 Å². The Kier molecular flexibility index (Phi) is 3.42. The lowest BCUT2D eigenvalue weighted by molar-refractivity contribution is 0.0942. The van der Waals surface area contributed by atoms with Crippen LogP contribution >= 0.6 is 15.9 Å². The number of ketones is 1. The van der Waals surface area contributed by atoms with Crippen LogP contribution in [0.1, 0.15) is 10.4 Å². The monoisotopic (exact) mass is 246 g/mol. The average Bonchev–Trinajstić information content (AvgIpc) is 2.17. The zero-order chi connectivity index (χ0) is 9.84. The fraction of sp³-hybridized carbons (Fsp3) is 0.222. The Morgan fingerprint density at radius 3 is 2.38 bits per heavy atom. The first-order valence-electron chi connectivity index (χ1n) is 3.61. The number of methoxy groups -OCH3 is 1. The second kappa shape index (κ2) is 4.37. The molecule has 1 rings (SSSR count). The number of benzene rings is 1. The van der Waals surface area contributed by atoms with Gasteiger partial charge in [0.05, 0.1) is 7.11 Å². The lowest BCUT2D eigenvalue weighted by Gasteiger charge is -2.02. The van der Waals surface area contributed by atoms with E-state index in [1.165, 1.54) is 19.2 Å². The molecule has 0 fully saturated rings. The molecule has 0 saturated heterocycles. The van der Waals surface area contributed by atoms with Gasteiger partial charge in [0, 0.05) is 5.56 Å². The highest BCUT2D eigenvalue weighted by molar-refractivity contribution is 9.09. The van der Waals surface area contributed by atoms with E-state index in [9.17, 15) is 9.18 Å². The molecule has 1 aromatic carbocycles. The third kappa shape index (κ3) is 2.52. The van der Waals surface area contributed by atoms with Gasteiger partial charge in [-0.1, -0.05) is 0 Å². The van der Waals surface area contributed by atoms with Crippen molar-refractivity contribution < 1.29 is 13.9 Å². The Morgan fingerprint density at radius 2 is 2.00 bits per heavy atom. The van der Waals surface area contributed by atoms with Crippen LogP contribution in [0.15, 0.2) is 24.3 Å². The number of carbonyl (C=O) groups excluding carboxylic acids is 1. The number of ether oxygens (including phenoxy) is 1. The van der Waals surface area contributed by atoms with Crippen molar-refractivity contribution in [1.82, 2.24) is 0 Å². The van der Waals surface area contributed by atoms with Crippen molar-refractivity contribution in [2.45, 2.75) is 5.08 Å². The maximum absolute atomic E-state index is 12.5. The first-order valence-corrected chi connectivity index (χ1v) is 4.53. The standard InChI is InChI=1S/C9H8BrFO2/c1-13-7-4-2-6(3-5-7)8(12)9(10)11/h2-5,9H,1H3. The third-order valence-electron chi connectivity index (χ3n) is 1.57. The predicted molar refractivity (Wildman–Crippen MR) is 51.1 cm³/mol. The molecular weight excluding hydrogens is 239 g/mol. The molecule has 0 radical (unpaired) electrons. The van der Waals surface area contributed by atoms with Gasteiger partial charge in [-0.3, -0.25) is 4.79 Å². The Labute approximate surface area is 83.8 Å². The van der Waals surface area contributed by atoms with Gasteiger partial charge in [0.15, 0.2) is 0 Å². The summed E-state index contributed by atoms with van der Waals surface area (Å²) in [6.45, 7) is 0. The molecule has 1 unspecified atom stereocenters. The molecule has 1 atom stereocenters. The zero-order valence-electron chi connectivity index (χ0n) is 6.96. The minimum atomic E-state index is -1.64. The van der Waals surface area contributed by atoms with E-state index in [0.717, 1.165) is 0 Å². The van der Waals surface area contributed by atoms with Gasteiger partial charge in [-0.05, 0) is 40.2 Å². The van der Waals surface area contributed by atoms with Crippen LogP contribution in [0.4, 0.5) is 4.39 Å². The maximum Gasteiger partial charge on any atom is 0.217 e. The predicted octanol–water partition coefficient (Wildman–Crippen LogP) is 2.57. The zero-order valence-corrected chi connectivity index (χ0v) is 8.55. The van der Waals surface area contributed by atoms with Gasteiger partial charge in [0.2, 0.25) is 10.9 Å². The molecule has 1 aromatic rings. The van der Waals surface area contributed by atoms with E-state index < -0.39 is 10.9 Å². The number of hydrogen-bond donors (Lipinski definition) is 0. The van der Waals surface area contributed by atoms with Crippen LogP contribution in [0.2, 0.25) is 0 Å². The smallest absolute Gasteiger partial charge is 0.217 e. The Hall–Kier alpha value is -0.900. The molecule has 2 nitrogen and oxygen atoms in total. The van der Waals surface area contributed by atoms with Crippen molar-refractivity contribution in [3.05, 3.63) is 29.8 Å². The van der Waals surface area contributed by atoms with E-state index in [1.807, 2.05) is 0 Å². The van der Waals surface area contributed by atoms with Gasteiger partial charge >= 0.3 is 0 Å². The molecule has 0 amide bonds. The molecular formula is C9H8BrFO2. The highest BCUT2D eigenvalue weighted by atomic mass is 79.9. The molecule has 4 heteroatoms. The number of carbonyl (C=O) groups is 1. The van der Waals surface area contributed by atoms with Gasteiger partial charge in [-0.25, -0.2) is 4.39 Å². The molecule has 0 spiro atoms. The minimum Gasteiger partial charge on any atom is -0.497 e. The summed E-state index contributed by atoms with van der Waals surface area (Å²) in [7, 11) is 1.53. The summed E-state index contributed by atoms with van der Waals surface area (Å²) < 4.78 is 17.4. The summed E-state index contributed by atoms with van der Waals surface area (Å²) in [6.07, 6.45) is 0. The molecule has 0 aliphatic carbocycles. The molecule has 0 aromatic heterocycles. The first-order chi connectivity index (χ1) is 6.15. The third-order valence-corrected chi connectivity index (χ3v) is 1.99. The minimum absolute atomic E-state index is 0.324. The number of Topliss-reactive ketones (excluding diaryl/α,β-unsaturated/α-hetero) is 1. The summed E-state index contributed by atoms with van der Waals surface area (Å²) >= 11 is 2.56. The highest BCUT2D eigenvalue weighted by Crippen LogP contribution is 2.15. The van der Waals surface area contributed by atoms with Gasteiger partial charge < -0.3 is 4.74 Å². The fourth-order valence-electron chi connectivity index (χ4n) is 0.881. The summed E-state index contributed by atoms with van der Waals surface area (Å²) in [4.78, 5) is 11.1. The van der Waals surface area contributed by atoms with Crippen molar-refractivity contribution in [1.29, 1.82) is 0 Å². The van der Waals surface area contributed by atoms with Crippen molar-refractivity contribution in [3.8, 4) is 5.75 Å². The largest absolute Gasteiger partial charge is 0.497 e. The van der Waals surface area contributed by atoms with Crippen molar-refractivity contribution in [2.24, 2.45) is 0 Å². The van der Waals surface area contributed by atoms with E-state index in [2.05, 4.69) is 15.9 Å². The fourth-order valence-corrected chi connectivity index (χ4v) is 1.15. The Bertz CT molecular complexity index is 295. The van der Waals surface area contributed by atoms with Crippen molar-refractivity contribution >= 4 is 21.7 Å². The lowest BCUT2D eigenvalue weighted by Crippen LogP contribution is -2.08. The topological polar surface area (TPSA) is 26.3 Å². The normalized spacial score (nSPS) is 12.2.